The van der Waals surface area contributed by atoms with Crippen LogP contribution < -0.4 is 20.7 Å². The molecular formula is C39H40FN7O3. The lowest BCUT2D eigenvalue weighted by Crippen LogP contribution is -2.44. The van der Waals surface area contributed by atoms with Crippen molar-refractivity contribution in [2.24, 2.45) is 0 Å². The highest BCUT2D eigenvalue weighted by molar-refractivity contribution is 5.96. The number of amides is 2. The lowest BCUT2D eigenvalue weighted by atomic mass is 9.91. The van der Waals surface area contributed by atoms with Gasteiger partial charge in [0.25, 0.3) is 11.8 Å². The number of benzene rings is 3. The van der Waals surface area contributed by atoms with Gasteiger partial charge in [-0.2, -0.15) is 0 Å². The van der Waals surface area contributed by atoms with Gasteiger partial charge in [0, 0.05) is 44.8 Å². The van der Waals surface area contributed by atoms with Gasteiger partial charge in [0.2, 0.25) is 5.88 Å². The molecule has 7 rings (SSSR count). The number of rotatable bonds is 10. The van der Waals surface area contributed by atoms with Crippen LogP contribution in [0.2, 0.25) is 0 Å². The Balaban J connectivity index is 0.940. The number of carbonyl (C=O) groups excluding carboxylic acids is 2. The Bertz CT molecular complexity index is 1960. The first-order valence-electron chi connectivity index (χ1n) is 17.3. The number of carbonyl (C=O) groups is 2. The number of fused-ring (bicyclic) bond motifs is 1. The number of aromatic nitrogens is 3. The zero-order valence-corrected chi connectivity index (χ0v) is 27.8. The summed E-state index contributed by atoms with van der Waals surface area (Å²) >= 11 is 0. The minimum absolute atomic E-state index is 0.0227. The highest BCUT2D eigenvalue weighted by Crippen LogP contribution is 2.29. The van der Waals surface area contributed by atoms with Crippen LogP contribution in [0.5, 0.6) is 11.6 Å². The second-order valence-electron chi connectivity index (χ2n) is 12.9. The van der Waals surface area contributed by atoms with E-state index in [4.69, 9.17) is 4.74 Å². The summed E-state index contributed by atoms with van der Waals surface area (Å²) in [6.45, 7) is 5.32. The maximum atomic E-state index is 14.3. The van der Waals surface area contributed by atoms with E-state index in [0.717, 1.165) is 68.1 Å². The molecule has 0 unspecified atom stereocenters. The number of nitrogens with one attached hydrogen (secondary N) is 3. The lowest BCUT2D eigenvalue weighted by Gasteiger charge is -2.29. The lowest BCUT2D eigenvalue weighted by molar-refractivity contribution is 0.0887. The molecule has 50 heavy (non-hydrogen) atoms. The molecule has 0 spiro atoms. The molecule has 0 radical (unpaired) electrons. The van der Waals surface area contributed by atoms with Gasteiger partial charge in [-0.25, -0.2) is 14.4 Å². The van der Waals surface area contributed by atoms with Crippen LogP contribution in [-0.2, 0) is 6.42 Å². The van der Waals surface area contributed by atoms with Crippen molar-refractivity contribution in [1.29, 1.82) is 0 Å². The molecule has 2 aliphatic rings. The highest BCUT2D eigenvalue weighted by Gasteiger charge is 2.26. The van der Waals surface area contributed by atoms with Crippen molar-refractivity contribution < 1.29 is 18.7 Å². The smallest absolute Gasteiger partial charge is 0.271 e. The number of ether oxygens (including phenoxy) is 1. The van der Waals surface area contributed by atoms with Crippen molar-refractivity contribution in [2.45, 2.75) is 44.2 Å². The Morgan fingerprint density at radius 1 is 0.800 bits per heavy atom. The Morgan fingerprint density at radius 2 is 1.52 bits per heavy atom. The fourth-order valence-electron chi connectivity index (χ4n) is 6.58. The van der Waals surface area contributed by atoms with Crippen LogP contribution in [0.25, 0.3) is 22.2 Å². The van der Waals surface area contributed by atoms with E-state index in [1.807, 2.05) is 42.5 Å². The number of hydrogen-bond donors (Lipinski definition) is 3. The Kier molecular flexibility index (Phi) is 10.3. The van der Waals surface area contributed by atoms with Gasteiger partial charge >= 0.3 is 0 Å². The summed E-state index contributed by atoms with van der Waals surface area (Å²) in [5.74, 6) is -0.839. The molecule has 5 aromatic rings. The van der Waals surface area contributed by atoms with Crippen molar-refractivity contribution in [3.63, 3.8) is 0 Å². The minimum Gasteiger partial charge on any atom is -0.438 e. The molecule has 0 atom stereocenters. The van der Waals surface area contributed by atoms with Crippen molar-refractivity contribution in [2.75, 3.05) is 32.7 Å². The molecule has 0 bridgehead atoms. The van der Waals surface area contributed by atoms with Gasteiger partial charge in [-0.3, -0.25) is 14.6 Å². The first kappa shape index (κ1) is 33.2. The van der Waals surface area contributed by atoms with Crippen molar-refractivity contribution in [1.82, 2.24) is 35.8 Å². The first-order chi connectivity index (χ1) is 24.5. The summed E-state index contributed by atoms with van der Waals surface area (Å²) in [6, 6.07) is 24.5. The fraction of sp³-hybridized carbons (Fsp3) is 0.308. The predicted molar refractivity (Wildman–Crippen MR) is 190 cm³/mol. The number of piperazine rings is 1. The molecule has 3 heterocycles. The van der Waals surface area contributed by atoms with Gasteiger partial charge < -0.3 is 25.6 Å². The van der Waals surface area contributed by atoms with E-state index < -0.39 is 11.7 Å². The minimum atomic E-state index is -0.628. The summed E-state index contributed by atoms with van der Waals surface area (Å²) < 4.78 is 20.4. The maximum Gasteiger partial charge on any atom is 0.271 e. The SMILES string of the molecule is O=C(N[C@H]1CC[C@@H](NC(=O)c2cc(F)cnc2Oc2cccc(-c3ccc(CCN4CCNCC4)cc3)c2)CC1)c1cnc2ccccc2n1. The summed E-state index contributed by atoms with van der Waals surface area (Å²) in [7, 11) is 0. The van der Waals surface area contributed by atoms with Crippen molar-refractivity contribution in [3.05, 3.63) is 114 Å². The molecule has 10 nitrogen and oxygen atoms in total. The quantitative estimate of drug-likeness (QED) is 0.177. The average molecular weight is 674 g/mol. The Morgan fingerprint density at radius 3 is 2.28 bits per heavy atom. The van der Waals surface area contributed by atoms with Gasteiger partial charge in [0.1, 0.15) is 22.8 Å². The average Bonchev–Trinajstić information content (AvgIpc) is 3.16. The second kappa shape index (κ2) is 15.5. The zero-order valence-electron chi connectivity index (χ0n) is 27.8. The standard InChI is InChI=1S/C39H40FN7O3/c40-29-23-33(37(48)44-30-12-14-31(15-13-30)45-38(49)36-25-42-34-6-1-2-7-35(34)46-36)39(43-24-29)50-32-5-3-4-28(22-32)27-10-8-26(9-11-27)16-19-47-20-17-41-18-21-47/h1-11,22-25,30-31,41H,12-21H2,(H,44,48)(H,45,49)/t30-,31+. The van der Waals surface area contributed by atoms with Crippen LogP contribution in [0.3, 0.4) is 0 Å². The summed E-state index contributed by atoms with van der Waals surface area (Å²) in [5, 5.41) is 9.46. The van der Waals surface area contributed by atoms with Crippen LogP contribution in [-0.4, -0.2) is 76.5 Å². The predicted octanol–water partition coefficient (Wildman–Crippen LogP) is 5.54. The van der Waals surface area contributed by atoms with Gasteiger partial charge in [-0.15, -0.1) is 0 Å². The third-order valence-corrected chi connectivity index (χ3v) is 9.40. The second-order valence-corrected chi connectivity index (χ2v) is 12.9. The van der Waals surface area contributed by atoms with E-state index in [0.29, 0.717) is 36.9 Å². The summed E-state index contributed by atoms with van der Waals surface area (Å²) in [4.78, 5) is 41.7. The number of pyridine rings is 1. The number of halogens is 1. The highest BCUT2D eigenvalue weighted by atomic mass is 19.1. The summed E-state index contributed by atoms with van der Waals surface area (Å²) in [5.41, 5.74) is 4.98. The molecule has 1 saturated carbocycles. The van der Waals surface area contributed by atoms with E-state index in [1.54, 1.807) is 6.07 Å². The molecule has 3 N–H and O–H groups in total. The zero-order chi connectivity index (χ0) is 34.3. The topological polar surface area (TPSA) is 121 Å². The van der Waals surface area contributed by atoms with Crippen LogP contribution in [0.1, 0.15) is 52.1 Å². The molecule has 1 aliphatic heterocycles. The third-order valence-electron chi connectivity index (χ3n) is 9.40. The maximum absolute atomic E-state index is 14.3. The van der Waals surface area contributed by atoms with E-state index in [1.165, 1.54) is 11.8 Å². The first-order valence-corrected chi connectivity index (χ1v) is 17.3. The van der Waals surface area contributed by atoms with Gasteiger partial charge in [-0.05, 0) is 79.1 Å². The molecule has 2 amide bonds. The molecule has 2 aromatic heterocycles. The van der Waals surface area contributed by atoms with Crippen LogP contribution >= 0.6 is 0 Å². The van der Waals surface area contributed by atoms with E-state index in [2.05, 4.69) is 60.1 Å². The normalized spacial score (nSPS) is 18.0. The van der Waals surface area contributed by atoms with Crippen LogP contribution in [0, 0.1) is 5.82 Å². The third kappa shape index (κ3) is 8.30. The summed E-state index contributed by atoms with van der Waals surface area (Å²) in [6.07, 6.45) is 6.18. The van der Waals surface area contributed by atoms with Crippen molar-refractivity contribution >= 4 is 22.8 Å². The van der Waals surface area contributed by atoms with E-state index >= 15 is 0 Å². The monoisotopic (exact) mass is 673 g/mol. The van der Waals surface area contributed by atoms with Gasteiger partial charge in [0.05, 0.1) is 23.4 Å². The van der Waals surface area contributed by atoms with Gasteiger partial charge in [-0.1, -0.05) is 48.5 Å². The number of hydrogen-bond acceptors (Lipinski definition) is 8. The van der Waals surface area contributed by atoms with Crippen LogP contribution in [0.4, 0.5) is 4.39 Å². The fourth-order valence-corrected chi connectivity index (χ4v) is 6.58. The van der Waals surface area contributed by atoms with Gasteiger partial charge in [0.15, 0.2) is 0 Å². The number of para-hydroxylation sites is 2. The van der Waals surface area contributed by atoms with E-state index in [-0.39, 0.29) is 35.1 Å². The molecule has 2 fully saturated rings. The molecule has 1 aliphatic carbocycles. The molecule has 1 saturated heterocycles. The van der Waals surface area contributed by atoms with E-state index in [9.17, 15) is 14.0 Å². The molecule has 3 aromatic carbocycles. The molecule has 256 valence electrons. The Labute approximate surface area is 290 Å². The van der Waals surface area contributed by atoms with Crippen LogP contribution in [0.15, 0.2) is 91.3 Å². The number of nitrogens with zero attached hydrogens (tertiary/aromatic N) is 4. The molecular weight excluding hydrogens is 633 g/mol. The Hall–Kier alpha value is -5.26. The van der Waals surface area contributed by atoms with Crippen molar-refractivity contribution in [3.8, 4) is 22.8 Å². The largest absolute Gasteiger partial charge is 0.438 e. The molecule has 11 heteroatoms.